The molecule has 4 nitrogen and oxygen atoms in total. The van der Waals surface area contributed by atoms with E-state index in [0.29, 0.717) is 12.8 Å². The summed E-state index contributed by atoms with van der Waals surface area (Å²) in [6.45, 7) is 0. The fourth-order valence-electron chi connectivity index (χ4n) is 1.47. The monoisotopic (exact) mass is 184 g/mol. The molecule has 5 heteroatoms. The number of hydrogen-bond acceptors (Lipinski definition) is 2. The minimum atomic E-state index is -1.45. The molecule has 0 aliphatic heterocycles. The maximum Gasteiger partial charge on any atom is 0.339 e. The Morgan fingerprint density at radius 1 is 1.77 bits per heavy atom. The van der Waals surface area contributed by atoms with Gasteiger partial charge in [-0.25, -0.2) is 9.18 Å². The first-order valence-electron chi connectivity index (χ1n) is 3.99. The van der Waals surface area contributed by atoms with Crippen LogP contribution in [0.15, 0.2) is 6.20 Å². The second kappa shape index (κ2) is 2.31. The van der Waals surface area contributed by atoms with Gasteiger partial charge in [-0.1, -0.05) is 0 Å². The minimum absolute atomic E-state index is 0.0255. The highest BCUT2D eigenvalue weighted by molar-refractivity contribution is 5.89. The third kappa shape index (κ3) is 1.11. The van der Waals surface area contributed by atoms with Crippen molar-refractivity contribution in [1.29, 1.82) is 0 Å². The molecular weight excluding hydrogens is 175 g/mol. The molecule has 0 saturated heterocycles. The van der Waals surface area contributed by atoms with E-state index in [4.69, 9.17) is 5.11 Å². The first-order chi connectivity index (χ1) is 6.04. The number of carbonyl (C=O) groups is 1. The Bertz CT molecular complexity index is 368. The molecule has 0 aromatic carbocycles. The molecule has 0 radical (unpaired) electrons. The lowest BCUT2D eigenvalue weighted by molar-refractivity contribution is 0.0692. The molecule has 0 amide bonds. The Hall–Kier alpha value is -1.39. The number of aromatic carboxylic acids is 1. The van der Waals surface area contributed by atoms with Gasteiger partial charge in [-0.2, -0.15) is 5.10 Å². The number of aryl methyl sites for hydroxylation is 1. The van der Waals surface area contributed by atoms with Gasteiger partial charge < -0.3 is 5.11 Å². The molecule has 1 aromatic heterocycles. The smallest absolute Gasteiger partial charge is 0.339 e. The number of halogens is 1. The van der Waals surface area contributed by atoms with Crippen LogP contribution in [0.2, 0.25) is 0 Å². The predicted molar refractivity (Wildman–Crippen MR) is 42.2 cm³/mol. The van der Waals surface area contributed by atoms with Gasteiger partial charge in [0.2, 0.25) is 0 Å². The largest absolute Gasteiger partial charge is 0.478 e. The highest BCUT2D eigenvalue weighted by Gasteiger charge is 2.49. The molecule has 0 bridgehead atoms. The van der Waals surface area contributed by atoms with Gasteiger partial charge in [-0.05, 0) is 12.8 Å². The zero-order valence-electron chi connectivity index (χ0n) is 7.12. The van der Waals surface area contributed by atoms with Crippen LogP contribution >= 0.6 is 0 Å². The summed E-state index contributed by atoms with van der Waals surface area (Å²) in [5.74, 6) is -1.12. The van der Waals surface area contributed by atoms with Crippen molar-refractivity contribution in [3.8, 4) is 0 Å². The number of carboxylic acids is 1. The maximum atomic E-state index is 13.6. The number of aromatic nitrogens is 2. The second-order valence-electron chi connectivity index (χ2n) is 3.30. The van der Waals surface area contributed by atoms with E-state index in [1.807, 2.05) is 0 Å². The summed E-state index contributed by atoms with van der Waals surface area (Å²) >= 11 is 0. The van der Waals surface area contributed by atoms with Crippen LogP contribution in [-0.2, 0) is 12.7 Å². The Morgan fingerprint density at radius 3 is 2.85 bits per heavy atom. The van der Waals surface area contributed by atoms with Crippen LogP contribution in [0.1, 0.15) is 28.9 Å². The first kappa shape index (κ1) is 8.22. The van der Waals surface area contributed by atoms with Crippen LogP contribution in [0.4, 0.5) is 4.39 Å². The summed E-state index contributed by atoms with van der Waals surface area (Å²) in [5.41, 5.74) is -1.28. The molecule has 0 unspecified atom stereocenters. The van der Waals surface area contributed by atoms with Crippen LogP contribution in [0.5, 0.6) is 0 Å². The third-order valence-corrected chi connectivity index (χ3v) is 2.28. The molecule has 1 fully saturated rings. The van der Waals surface area contributed by atoms with Gasteiger partial charge in [0.1, 0.15) is 5.56 Å². The van der Waals surface area contributed by atoms with E-state index in [1.54, 1.807) is 7.05 Å². The molecule has 70 valence electrons. The van der Waals surface area contributed by atoms with E-state index in [2.05, 4.69) is 5.10 Å². The van der Waals surface area contributed by atoms with Gasteiger partial charge in [0.25, 0.3) is 0 Å². The molecule has 1 heterocycles. The molecule has 1 N–H and O–H groups in total. The molecule has 2 rings (SSSR count). The summed E-state index contributed by atoms with van der Waals surface area (Å²) in [7, 11) is 1.56. The van der Waals surface area contributed by atoms with E-state index < -0.39 is 11.6 Å². The Labute approximate surface area is 74.0 Å². The van der Waals surface area contributed by atoms with Gasteiger partial charge in [-0.3, -0.25) is 4.68 Å². The molecule has 1 saturated carbocycles. The number of hydrogen-bond donors (Lipinski definition) is 1. The minimum Gasteiger partial charge on any atom is -0.478 e. The van der Waals surface area contributed by atoms with Gasteiger partial charge in [0, 0.05) is 7.05 Å². The standard InChI is InChI=1S/C8H9FN2O2/c1-11-6(8(9)2-3-8)5(4-10-11)7(12)13/h4H,2-3H2,1H3,(H,12,13). The second-order valence-corrected chi connectivity index (χ2v) is 3.30. The van der Waals surface area contributed by atoms with Crippen molar-refractivity contribution in [2.45, 2.75) is 18.5 Å². The SMILES string of the molecule is Cn1ncc(C(=O)O)c1C1(F)CC1. The molecule has 0 spiro atoms. The average molecular weight is 184 g/mol. The van der Waals surface area contributed by atoms with Crippen molar-refractivity contribution in [2.75, 3.05) is 0 Å². The highest BCUT2D eigenvalue weighted by atomic mass is 19.1. The highest BCUT2D eigenvalue weighted by Crippen LogP contribution is 2.50. The average Bonchev–Trinajstić information content (AvgIpc) is 2.62. The quantitative estimate of drug-likeness (QED) is 0.748. The Morgan fingerprint density at radius 2 is 2.38 bits per heavy atom. The Kier molecular flexibility index (Phi) is 1.46. The lowest BCUT2D eigenvalue weighted by Crippen LogP contribution is -2.11. The first-order valence-corrected chi connectivity index (χ1v) is 3.99. The third-order valence-electron chi connectivity index (χ3n) is 2.28. The molecule has 1 aliphatic rings. The van der Waals surface area contributed by atoms with E-state index in [0.717, 1.165) is 0 Å². The van der Waals surface area contributed by atoms with Crippen molar-refractivity contribution < 1.29 is 14.3 Å². The fourth-order valence-corrected chi connectivity index (χ4v) is 1.47. The molecule has 0 atom stereocenters. The number of carboxylic acid groups (broad SMARTS) is 1. The molecule has 1 aromatic rings. The summed E-state index contributed by atoms with van der Waals surface area (Å²) in [5, 5.41) is 12.5. The van der Waals surface area contributed by atoms with E-state index >= 15 is 0 Å². The van der Waals surface area contributed by atoms with Crippen molar-refractivity contribution in [1.82, 2.24) is 9.78 Å². The van der Waals surface area contributed by atoms with Crippen LogP contribution in [-0.4, -0.2) is 20.9 Å². The van der Waals surface area contributed by atoms with Gasteiger partial charge in [0.15, 0.2) is 5.67 Å². The normalized spacial score (nSPS) is 18.6. The number of rotatable bonds is 2. The van der Waals surface area contributed by atoms with E-state index in [9.17, 15) is 9.18 Å². The van der Waals surface area contributed by atoms with E-state index in [1.165, 1.54) is 10.9 Å². The van der Waals surface area contributed by atoms with Crippen LogP contribution in [0, 0.1) is 0 Å². The van der Waals surface area contributed by atoms with Crippen LogP contribution in [0.25, 0.3) is 0 Å². The zero-order chi connectivity index (χ0) is 9.64. The Balaban J connectivity index is 2.53. The number of alkyl halides is 1. The zero-order valence-corrected chi connectivity index (χ0v) is 7.12. The number of nitrogens with zero attached hydrogens (tertiary/aromatic N) is 2. The predicted octanol–water partition coefficient (Wildman–Crippen LogP) is 1.08. The summed E-state index contributed by atoms with van der Waals surface area (Å²) < 4.78 is 14.9. The van der Waals surface area contributed by atoms with Crippen molar-refractivity contribution in [2.24, 2.45) is 7.05 Å². The van der Waals surface area contributed by atoms with Crippen LogP contribution in [0.3, 0.4) is 0 Å². The summed E-state index contributed by atoms with van der Waals surface area (Å²) in [6.07, 6.45) is 1.98. The van der Waals surface area contributed by atoms with Gasteiger partial charge in [0.05, 0.1) is 11.9 Å². The van der Waals surface area contributed by atoms with E-state index in [-0.39, 0.29) is 11.3 Å². The van der Waals surface area contributed by atoms with Crippen molar-refractivity contribution in [3.63, 3.8) is 0 Å². The van der Waals surface area contributed by atoms with Crippen LogP contribution < -0.4 is 0 Å². The lowest BCUT2D eigenvalue weighted by atomic mass is 10.1. The van der Waals surface area contributed by atoms with Gasteiger partial charge >= 0.3 is 5.97 Å². The summed E-state index contributed by atoms with van der Waals surface area (Å²) in [4.78, 5) is 10.7. The fraction of sp³-hybridized carbons (Fsp3) is 0.500. The summed E-state index contributed by atoms with van der Waals surface area (Å²) in [6, 6.07) is 0. The van der Waals surface area contributed by atoms with Crippen molar-refractivity contribution >= 4 is 5.97 Å². The maximum absolute atomic E-state index is 13.6. The molecule has 13 heavy (non-hydrogen) atoms. The topological polar surface area (TPSA) is 55.1 Å². The molecule has 1 aliphatic carbocycles. The molecular formula is C8H9FN2O2. The lowest BCUT2D eigenvalue weighted by Gasteiger charge is -2.06. The van der Waals surface area contributed by atoms with Crippen molar-refractivity contribution in [3.05, 3.63) is 17.5 Å². The van der Waals surface area contributed by atoms with Gasteiger partial charge in [-0.15, -0.1) is 0 Å².